The Labute approximate surface area is 166 Å². The van der Waals surface area contributed by atoms with Gasteiger partial charge in [-0.25, -0.2) is 9.59 Å². The van der Waals surface area contributed by atoms with Crippen molar-refractivity contribution >= 4 is 17.9 Å². The van der Waals surface area contributed by atoms with E-state index in [1.165, 1.54) is 0 Å². The monoisotopic (exact) mass is 390 g/mol. The van der Waals surface area contributed by atoms with Gasteiger partial charge < -0.3 is 14.6 Å². The van der Waals surface area contributed by atoms with Gasteiger partial charge in [-0.2, -0.15) is 0 Å². The number of rotatable bonds is 13. The molecular formula is C22H30O6. The van der Waals surface area contributed by atoms with E-state index in [2.05, 4.69) is 13.5 Å². The summed E-state index contributed by atoms with van der Waals surface area (Å²) >= 11 is 0. The summed E-state index contributed by atoms with van der Waals surface area (Å²) in [7, 11) is 0. The van der Waals surface area contributed by atoms with E-state index in [1.807, 2.05) is 37.3 Å². The number of carboxylic acid groups (broad SMARTS) is 1. The summed E-state index contributed by atoms with van der Waals surface area (Å²) in [5.41, 5.74) is 0.629. The smallest absolute Gasteiger partial charge is 0.347 e. The summed E-state index contributed by atoms with van der Waals surface area (Å²) in [6.07, 6.45) is 2.55. The van der Waals surface area contributed by atoms with E-state index in [1.54, 1.807) is 0 Å². The van der Waals surface area contributed by atoms with Gasteiger partial charge in [0.05, 0.1) is 6.42 Å². The molecule has 0 fully saturated rings. The summed E-state index contributed by atoms with van der Waals surface area (Å²) in [5.74, 6) is -2.49. The molecule has 1 rings (SSSR count). The minimum atomic E-state index is -1.18. The normalized spacial score (nSPS) is 12.6. The number of aliphatic carboxylic acids is 1. The molecule has 2 atom stereocenters. The first-order chi connectivity index (χ1) is 13.4. The first-order valence-electron chi connectivity index (χ1n) is 9.68. The van der Waals surface area contributed by atoms with E-state index in [0.717, 1.165) is 31.2 Å². The second kappa shape index (κ2) is 12.7. The van der Waals surface area contributed by atoms with Gasteiger partial charge in [-0.1, -0.05) is 76.4 Å². The third-order valence-electron chi connectivity index (χ3n) is 4.48. The van der Waals surface area contributed by atoms with Crippen molar-refractivity contribution in [2.24, 2.45) is 5.92 Å². The van der Waals surface area contributed by atoms with Crippen molar-refractivity contribution in [2.75, 3.05) is 0 Å². The number of unbranched alkanes of at least 4 members (excludes halogenated alkanes) is 1. The van der Waals surface area contributed by atoms with Crippen LogP contribution in [0.4, 0.5) is 0 Å². The van der Waals surface area contributed by atoms with Crippen LogP contribution in [0.3, 0.4) is 0 Å². The number of hydrogen-bond acceptors (Lipinski definition) is 5. The van der Waals surface area contributed by atoms with Crippen molar-refractivity contribution in [3.05, 3.63) is 48.0 Å². The highest BCUT2D eigenvalue weighted by Gasteiger charge is 2.29. The van der Waals surface area contributed by atoms with E-state index in [-0.39, 0.29) is 18.1 Å². The molecule has 0 heterocycles. The molecule has 0 saturated carbocycles. The lowest BCUT2D eigenvalue weighted by Gasteiger charge is -2.22. The van der Waals surface area contributed by atoms with Crippen molar-refractivity contribution in [3.8, 4) is 0 Å². The zero-order chi connectivity index (χ0) is 20.9. The highest BCUT2D eigenvalue weighted by Crippen LogP contribution is 2.22. The number of carboxylic acids is 1. The molecule has 0 bridgehead atoms. The van der Waals surface area contributed by atoms with Gasteiger partial charge in [-0.3, -0.25) is 4.79 Å². The molecule has 28 heavy (non-hydrogen) atoms. The van der Waals surface area contributed by atoms with Gasteiger partial charge in [0.15, 0.2) is 6.10 Å². The van der Waals surface area contributed by atoms with Crippen molar-refractivity contribution in [2.45, 2.75) is 65.1 Å². The first-order valence-corrected chi connectivity index (χ1v) is 9.68. The van der Waals surface area contributed by atoms with Gasteiger partial charge in [-0.05, 0) is 17.9 Å². The summed E-state index contributed by atoms with van der Waals surface area (Å²) in [6.45, 7) is 7.64. The average molecular weight is 390 g/mol. The second-order valence-electron chi connectivity index (χ2n) is 6.81. The molecule has 0 amide bonds. The zero-order valence-corrected chi connectivity index (χ0v) is 16.7. The molecule has 0 radical (unpaired) electrons. The van der Waals surface area contributed by atoms with Gasteiger partial charge in [0.1, 0.15) is 6.61 Å². The lowest BCUT2D eigenvalue weighted by molar-refractivity contribution is -0.168. The Kier molecular flexibility index (Phi) is 10.6. The summed E-state index contributed by atoms with van der Waals surface area (Å²) in [5, 5.41) is 8.81. The molecule has 0 aliphatic rings. The van der Waals surface area contributed by atoms with E-state index in [9.17, 15) is 14.4 Å². The third-order valence-corrected chi connectivity index (χ3v) is 4.48. The standard InChI is InChI=1S/C22H30O6/c1-4-6-10-17(5-2)14-19(28-21(25)16(3)13-20(23)24)22(26)27-15-18-11-8-7-9-12-18/h7-9,11-12,17,19H,3-6,10,13-15H2,1-2H3,(H,23,24). The zero-order valence-electron chi connectivity index (χ0n) is 16.7. The minimum absolute atomic E-state index is 0.0789. The van der Waals surface area contributed by atoms with Gasteiger partial charge in [-0.15, -0.1) is 0 Å². The fourth-order valence-electron chi connectivity index (χ4n) is 2.77. The van der Waals surface area contributed by atoms with Gasteiger partial charge in [0, 0.05) is 5.57 Å². The summed E-state index contributed by atoms with van der Waals surface area (Å²) in [4.78, 5) is 35.5. The Bertz CT molecular complexity index is 652. The van der Waals surface area contributed by atoms with Crippen molar-refractivity contribution in [3.63, 3.8) is 0 Å². The number of esters is 2. The molecule has 0 spiro atoms. The minimum Gasteiger partial charge on any atom is -0.481 e. The molecule has 1 aromatic rings. The van der Waals surface area contributed by atoms with Gasteiger partial charge >= 0.3 is 17.9 Å². The van der Waals surface area contributed by atoms with Crippen LogP contribution in [0.15, 0.2) is 42.5 Å². The van der Waals surface area contributed by atoms with Crippen LogP contribution in [0, 0.1) is 5.92 Å². The lowest BCUT2D eigenvalue weighted by Crippen LogP contribution is -2.32. The predicted molar refractivity (Wildman–Crippen MR) is 105 cm³/mol. The Morgan fingerprint density at radius 3 is 2.39 bits per heavy atom. The summed E-state index contributed by atoms with van der Waals surface area (Å²) in [6, 6.07) is 9.21. The summed E-state index contributed by atoms with van der Waals surface area (Å²) < 4.78 is 10.6. The number of carbonyl (C=O) groups excluding carboxylic acids is 2. The van der Waals surface area contributed by atoms with Crippen LogP contribution in [-0.4, -0.2) is 29.1 Å². The van der Waals surface area contributed by atoms with Crippen LogP contribution in [0.2, 0.25) is 0 Å². The van der Waals surface area contributed by atoms with Crippen LogP contribution in [-0.2, 0) is 30.5 Å². The SMILES string of the molecule is C=C(CC(=O)O)C(=O)OC(CC(CC)CCCC)C(=O)OCc1ccccc1. The van der Waals surface area contributed by atoms with E-state index < -0.39 is 30.4 Å². The third kappa shape index (κ3) is 8.84. The molecule has 1 aromatic carbocycles. The molecule has 1 N–H and O–H groups in total. The van der Waals surface area contributed by atoms with Crippen LogP contribution in [0.1, 0.15) is 57.9 Å². The molecular weight excluding hydrogens is 360 g/mol. The average Bonchev–Trinajstić information content (AvgIpc) is 2.68. The molecule has 6 heteroatoms. The van der Waals surface area contributed by atoms with Crippen LogP contribution < -0.4 is 0 Å². The van der Waals surface area contributed by atoms with Crippen molar-refractivity contribution < 1.29 is 29.0 Å². The van der Waals surface area contributed by atoms with Crippen molar-refractivity contribution in [1.82, 2.24) is 0 Å². The maximum absolute atomic E-state index is 12.6. The molecule has 2 unspecified atom stereocenters. The number of ether oxygens (including phenoxy) is 2. The maximum atomic E-state index is 12.6. The highest BCUT2D eigenvalue weighted by atomic mass is 16.6. The maximum Gasteiger partial charge on any atom is 0.347 e. The number of hydrogen-bond donors (Lipinski definition) is 1. The second-order valence-corrected chi connectivity index (χ2v) is 6.81. The largest absolute Gasteiger partial charge is 0.481 e. The quantitative estimate of drug-likeness (QED) is 0.399. The molecule has 0 aliphatic carbocycles. The highest BCUT2D eigenvalue weighted by molar-refractivity contribution is 5.94. The Morgan fingerprint density at radius 1 is 1.14 bits per heavy atom. The van der Waals surface area contributed by atoms with Crippen LogP contribution in [0.25, 0.3) is 0 Å². The van der Waals surface area contributed by atoms with Crippen LogP contribution >= 0.6 is 0 Å². The van der Waals surface area contributed by atoms with Crippen LogP contribution in [0.5, 0.6) is 0 Å². The van der Waals surface area contributed by atoms with E-state index >= 15 is 0 Å². The topological polar surface area (TPSA) is 89.9 Å². The first kappa shape index (κ1) is 23.4. The Morgan fingerprint density at radius 2 is 1.82 bits per heavy atom. The van der Waals surface area contributed by atoms with Crippen molar-refractivity contribution in [1.29, 1.82) is 0 Å². The lowest BCUT2D eigenvalue weighted by atomic mass is 9.93. The Balaban J connectivity index is 2.79. The predicted octanol–water partition coefficient (Wildman–Crippen LogP) is 4.28. The molecule has 154 valence electrons. The molecule has 0 aromatic heterocycles. The fourth-order valence-corrected chi connectivity index (χ4v) is 2.77. The van der Waals surface area contributed by atoms with E-state index in [4.69, 9.17) is 14.6 Å². The molecule has 0 saturated heterocycles. The van der Waals surface area contributed by atoms with Gasteiger partial charge in [0.25, 0.3) is 0 Å². The molecule has 0 aliphatic heterocycles. The van der Waals surface area contributed by atoms with E-state index in [0.29, 0.717) is 6.42 Å². The number of carbonyl (C=O) groups is 3. The molecule has 6 nitrogen and oxygen atoms in total. The fraction of sp³-hybridized carbons (Fsp3) is 0.500. The number of benzene rings is 1. The Hall–Kier alpha value is -2.63. The van der Waals surface area contributed by atoms with Gasteiger partial charge in [0.2, 0.25) is 0 Å².